The normalized spacial score (nSPS) is 25.0. The lowest BCUT2D eigenvalue weighted by Crippen LogP contribution is -2.44. The van der Waals surface area contributed by atoms with Crippen LogP contribution < -0.4 is 0 Å². The molecule has 10 heteroatoms. The first-order valence-electron chi connectivity index (χ1n) is 10.4. The van der Waals surface area contributed by atoms with Crippen LogP contribution in [-0.2, 0) is 21.0 Å². The Bertz CT molecular complexity index is 902. The summed E-state index contributed by atoms with van der Waals surface area (Å²) in [7, 11) is -4.29. The lowest BCUT2D eigenvalue weighted by molar-refractivity contribution is -0.140. The Morgan fingerprint density at radius 3 is 2.40 bits per heavy atom. The van der Waals surface area contributed by atoms with Crippen LogP contribution in [0.4, 0.5) is 13.2 Å². The van der Waals surface area contributed by atoms with E-state index in [2.05, 4.69) is 0 Å². The molecule has 0 N–H and O–H groups in total. The third kappa shape index (κ3) is 4.36. The molecule has 4 rings (SSSR count). The molecule has 1 aromatic rings. The number of alkyl halides is 3. The Kier molecular flexibility index (Phi) is 5.84. The van der Waals surface area contributed by atoms with Gasteiger partial charge >= 0.3 is 6.18 Å². The number of amides is 1. The predicted octanol–water partition coefficient (Wildman–Crippen LogP) is 2.41. The van der Waals surface area contributed by atoms with Gasteiger partial charge in [-0.2, -0.15) is 17.5 Å². The van der Waals surface area contributed by atoms with Crippen LogP contribution >= 0.6 is 0 Å². The second-order valence-corrected chi connectivity index (χ2v) is 10.2. The zero-order chi connectivity index (χ0) is 21.5. The highest BCUT2D eigenvalue weighted by Crippen LogP contribution is 2.35. The van der Waals surface area contributed by atoms with Crippen molar-refractivity contribution in [3.8, 4) is 0 Å². The first kappa shape index (κ1) is 21.6. The molecule has 166 valence electrons. The van der Waals surface area contributed by atoms with Gasteiger partial charge in [-0.15, -0.1) is 0 Å². The number of sulfonamides is 1. The third-order valence-electron chi connectivity index (χ3n) is 6.19. The van der Waals surface area contributed by atoms with Crippen molar-refractivity contribution in [1.29, 1.82) is 0 Å². The topological polar surface area (TPSA) is 60.9 Å². The fourth-order valence-corrected chi connectivity index (χ4v) is 6.07. The van der Waals surface area contributed by atoms with Gasteiger partial charge in [0.1, 0.15) is 0 Å². The third-order valence-corrected chi connectivity index (χ3v) is 8.14. The van der Waals surface area contributed by atoms with Crippen LogP contribution in [0.3, 0.4) is 0 Å². The maximum atomic E-state index is 13.3. The number of nitrogens with zero attached hydrogens (tertiary/aromatic N) is 3. The minimum absolute atomic E-state index is 0.0704. The van der Waals surface area contributed by atoms with Crippen molar-refractivity contribution in [3.05, 3.63) is 29.8 Å². The van der Waals surface area contributed by atoms with Crippen molar-refractivity contribution < 1.29 is 26.4 Å². The molecule has 1 unspecified atom stereocenters. The van der Waals surface area contributed by atoms with E-state index in [1.807, 2.05) is 9.80 Å². The molecule has 30 heavy (non-hydrogen) atoms. The van der Waals surface area contributed by atoms with Crippen molar-refractivity contribution >= 4 is 15.9 Å². The van der Waals surface area contributed by atoms with Gasteiger partial charge in [0.15, 0.2) is 0 Å². The van der Waals surface area contributed by atoms with Crippen LogP contribution in [0.15, 0.2) is 29.2 Å². The van der Waals surface area contributed by atoms with Crippen molar-refractivity contribution in [3.63, 3.8) is 0 Å². The van der Waals surface area contributed by atoms with Gasteiger partial charge in [0.25, 0.3) is 0 Å². The summed E-state index contributed by atoms with van der Waals surface area (Å²) in [4.78, 5) is 16.0. The van der Waals surface area contributed by atoms with E-state index in [1.54, 1.807) is 0 Å². The molecule has 1 saturated carbocycles. The van der Waals surface area contributed by atoms with Crippen LogP contribution in [0.5, 0.6) is 0 Å². The fourth-order valence-electron chi connectivity index (χ4n) is 4.39. The molecule has 0 radical (unpaired) electrons. The molecule has 0 spiro atoms. The van der Waals surface area contributed by atoms with E-state index in [1.165, 1.54) is 25.0 Å². The van der Waals surface area contributed by atoms with E-state index in [0.717, 1.165) is 35.9 Å². The molecule has 0 aromatic heterocycles. The number of hydrogen-bond donors (Lipinski definition) is 0. The van der Waals surface area contributed by atoms with E-state index in [0.29, 0.717) is 25.4 Å². The summed E-state index contributed by atoms with van der Waals surface area (Å²) in [5.41, 5.74) is -1.15. The summed E-state index contributed by atoms with van der Waals surface area (Å²) < 4.78 is 67.1. The smallest absolute Gasteiger partial charge is 0.341 e. The lowest BCUT2D eigenvalue weighted by Gasteiger charge is -2.27. The molecule has 2 aliphatic heterocycles. The molecule has 2 saturated heterocycles. The Morgan fingerprint density at radius 1 is 0.967 bits per heavy atom. The number of carbonyl (C=O) groups is 1. The van der Waals surface area contributed by atoms with Gasteiger partial charge in [-0.05, 0) is 43.7 Å². The number of carbonyl (C=O) groups excluding carboxylic acids is 1. The van der Waals surface area contributed by atoms with Gasteiger partial charge in [0.05, 0.1) is 16.5 Å². The maximum absolute atomic E-state index is 13.3. The van der Waals surface area contributed by atoms with E-state index in [4.69, 9.17) is 0 Å². The van der Waals surface area contributed by atoms with E-state index in [-0.39, 0.29) is 25.0 Å². The lowest BCUT2D eigenvalue weighted by atomic mass is 10.2. The molecule has 1 amide bonds. The molecule has 1 atom stereocenters. The number of rotatable bonds is 5. The first-order chi connectivity index (χ1) is 14.2. The summed E-state index contributed by atoms with van der Waals surface area (Å²) in [5.74, 6) is 0.715. The molecular formula is C20H26F3N3O3S. The second kappa shape index (κ2) is 8.12. The summed E-state index contributed by atoms with van der Waals surface area (Å²) >= 11 is 0. The fraction of sp³-hybridized carbons (Fsp3) is 0.650. The van der Waals surface area contributed by atoms with Crippen LogP contribution in [0.1, 0.15) is 31.2 Å². The maximum Gasteiger partial charge on any atom is 0.417 e. The van der Waals surface area contributed by atoms with Gasteiger partial charge in [0, 0.05) is 39.3 Å². The van der Waals surface area contributed by atoms with Crippen LogP contribution in [-0.4, -0.2) is 73.7 Å². The number of hydrogen-bond acceptors (Lipinski definition) is 4. The molecule has 3 fully saturated rings. The average molecular weight is 446 g/mol. The quantitative estimate of drug-likeness (QED) is 0.699. The molecule has 3 aliphatic rings. The Labute approximate surface area is 174 Å². The Morgan fingerprint density at radius 2 is 1.70 bits per heavy atom. The predicted molar refractivity (Wildman–Crippen MR) is 104 cm³/mol. The van der Waals surface area contributed by atoms with Gasteiger partial charge in [-0.25, -0.2) is 8.42 Å². The Hall–Kier alpha value is -1.65. The summed E-state index contributed by atoms with van der Waals surface area (Å²) in [5, 5.41) is 0. The van der Waals surface area contributed by atoms with Gasteiger partial charge in [0.2, 0.25) is 15.9 Å². The summed E-state index contributed by atoms with van der Waals surface area (Å²) in [6.45, 7) is 2.62. The van der Waals surface area contributed by atoms with Crippen molar-refractivity contribution in [2.45, 2.75) is 42.8 Å². The van der Waals surface area contributed by atoms with Gasteiger partial charge in [-0.3, -0.25) is 9.69 Å². The van der Waals surface area contributed by atoms with Crippen LogP contribution in [0.2, 0.25) is 0 Å². The SMILES string of the molecule is O=C1C(N2CCCN(S(=O)(=O)c3ccccc3C(F)(F)F)CC2)CCN1CC1CC1. The van der Waals surface area contributed by atoms with E-state index < -0.39 is 26.7 Å². The largest absolute Gasteiger partial charge is 0.417 e. The molecule has 1 aliphatic carbocycles. The Balaban J connectivity index is 1.46. The average Bonchev–Trinajstić information content (AvgIpc) is 3.48. The van der Waals surface area contributed by atoms with Crippen molar-refractivity contribution in [2.24, 2.45) is 5.92 Å². The zero-order valence-corrected chi connectivity index (χ0v) is 17.5. The van der Waals surface area contributed by atoms with E-state index in [9.17, 15) is 26.4 Å². The number of likely N-dealkylation sites (tertiary alicyclic amines) is 1. The minimum atomic E-state index is -4.75. The standard InChI is InChI=1S/C20H26F3N3O3S/c21-20(22,23)16-4-1-2-5-18(16)30(28,29)26-10-3-9-24(12-13-26)17-8-11-25(19(17)27)14-15-6-7-15/h1-2,4-5,15,17H,3,6-14H2. The monoisotopic (exact) mass is 445 g/mol. The minimum Gasteiger partial charge on any atom is -0.341 e. The van der Waals surface area contributed by atoms with Crippen LogP contribution in [0.25, 0.3) is 0 Å². The van der Waals surface area contributed by atoms with Gasteiger partial charge < -0.3 is 4.90 Å². The van der Waals surface area contributed by atoms with Gasteiger partial charge in [-0.1, -0.05) is 12.1 Å². The highest BCUT2D eigenvalue weighted by molar-refractivity contribution is 7.89. The molecule has 2 heterocycles. The summed E-state index contributed by atoms with van der Waals surface area (Å²) in [6.07, 6.45) is -1.22. The van der Waals surface area contributed by atoms with E-state index >= 15 is 0 Å². The summed E-state index contributed by atoms with van der Waals surface area (Å²) in [6, 6.07) is 4.04. The highest BCUT2D eigenvalue weighted by atomic mass is 32.2. The second-order valence-electron chi connectivity index (χ2n) is 8.32. The molecule has 0 bridgehead atoms. The molecule has 1 aromatic carbocycles. The van der Waals surface area contributed by atoms with Crippen molar-refractivity contribution in [1.82, 2.24) is 14.1 Å². The molecular weight excluding hydrogens is 419 g/mol. The number of halogens is 3. The molecule has 6 nitrogen and oxygen atoms in total. The van der Waals surface area contributed by atoms with Crippen molar-refractivity contribution in [2.75, 3.05) is 39.3 Å². The van der Waals surface area contributed by atoms with Crippen LogP contribution in [0, 0.1) is 5.92 Å². The highest BCUT2D eigenvalue weighted by Gasteiger charge is 2.41. The number of benzene rings is 1. The zero-order valence-electron chi connectivity index (χ0n) is 16.6. The first-order valence-corrected chi connectivity index (χ1v) is 11.8.